The lowest BCUT2D eigenvalue weighted by Crippen LogP contribution is -1.97. The van der Waals surface area contributed by atoms with E-state index in [-0.39, 0.29) is 0 Å². The van der Waals surface area contributed by atoms with E-state index < -0.39 is 0 Å². The number of nitrogens with two attached hydrogens (primary N) is 1. The summed E-state index contributed by atoms with van der Waals surface area (Å²) in [6.45, 7) is 0. The van der Waals surface area contributed by atoms with Gasteiger partial charge in [-0.05, 0) is 11.5 Å². The van der Waals surface area contributed by atoms with Crippen LogP contribution in [-0.2, 0) is 0 Å². The van der Waals surface area contributed by atoms with Crippen LogP contribution < -0.4 is 11.1 Å². The number of anilines is 3. The molecule has 0 aliphatic rings. The molecule has 4 rings (SSSR count). The second-order valence-corrected chi connectivity index (χ2v) is 4.72. The molecule has 6 nitrogen and oxygen atoms in total. The minimum atomic E-state index is 0.404. The van der Waals surface area contributed by atoms with Crippen LogP contribution in [-0.4, -0.2) is 20.2 Å². The molecule has 2 aromatic heterocycles. The zero-order valence-electron chi connectivity index (χ0n) is 11.0. The molecule has 4 N–H and O–H groups in total. The van der Waals surface area contributed by atoms with Gasteiger partial charge in [-0.3, -0.25) is 5.10 Å². The van der Waals surface area contributed by atoms with Crippen LogP contribution in [0, 0.1) is 0 Å². The second kappa shape index (κ2) is 4.45. The molecule has 6 heteroatoms. The lowest BCUT2D eigenvalue weighted by molar-refractivity contribution is 1.10. The van der Waals surface area contributed by atoms with Gasteiger partial charge in [-0.25, -0.2) is 4.98 Å². The van der Waals surface area contributed by atoms with E-state index in [0.717, 1.165) is 21.8 Å². The van der Waals surface area contributed by atoms with Crippen molar-refractivity contribution in [2.24, 2.45) is 0 Å². The van der Waals surface area contributed by atoms with Crippen molar-refractivity contribution < 1.29 is 0 Å². The van der Waals surface area contributed by atoms with Crippen molar-refractivity contribution in [3.8, 4) is 0 Å². The number of benzene rings is 2. The number of fused-ring (bicyclic) bond motifs is 2. The fourth-order valence-electron chi connectivity index (χ4n) is 2.34. The number of aromatic nitrogens is 4. The highest BCUT2D eigenvalue weighted by atomic mass is 15.2. The number of nitrogen functional groups attached to an aromatic ring is 1. The standard InChI is InChI=1S/C15H12N6/c16-13-11-8-17-15(19-14(11)21-20-13)18-12-7-3-5-9-4-1-2-6-10(9)12/h1-8H,(H4,16,17,18,19,20,21). The molecule has 4 aromatic rings. The number of H-pyrrole nitrogens is 1. The van der Waals surface area contributed by atoms with Crippen molar-refractivity contribution in [3.63, 3.8) is 0 Å². The van der Waals surface area contributed by atoms with Crippen LogP contribution in [0.5, 0.6) is 0 Å². The van der Waals surface area contributed by atoms with Gasteiger partial charge in [0.05, 0.1) is 5.39 Å². The van der Waals surface area contributed by atoms with E-state index in [1.165, 1.54) is 0 Å². The van der Waals surface area contributed by atoms with Crippen LogP contribution >= 0.6 is 0 Å². The highest BCUT2D eigenvalue weighted by Crippen LogP contribution is 2.25. The summed E-state index contributed by atoms with van der Waals surface area (Å²) in [4.78, 5) is 8.66. The molecule has 0 saturated heterocycles. The molecule has 2 aromatic carbocycles. The molecular formula is C15H12N6. The second-order valence-electron chi connectivity index (χ2n) is 4.72. The monoisotopic (exact) mass is 276 g/mol. The molecule has 0 aliphatic heterocycles. The van der Waals surface area contributed by atoms with Crippen LogP contribution in [0.4, 0.5) is 17.5 Å². The van der Waals surface area contributed by atoms with E-state index in [4.69, 9.17) is 5.73 Å². The van der Waals surface area contributed by atoms with E-state index in [0.29, 0.717) is 17.4 Å². The van der Waals surface area contributed by atoms with Crippen LogP contribution in [0.25, 0.3) is 21.8 Å². The van der Waals surface area contributed by atoms with E-state index in [1.54, 1.807) is 6.20 Å². The molecule has 0 bridgehead atoms. The van der Waals surface area contributed by atoms with Gasteiger partial charge in [0.25, 0.3) is 0 Å². The number of hydrogen-bond donors (Lipinski definition) is 3. The average Bonchev–Trinajstić information content (AvgIpc) is 2.89. The number of rotatable bonds is 2. The van der Waals surface area contributed by atoms with Crippen LogP contribution in [0.2, 0.25) is 0 Å². The van der Waals surface area contributed by atoms with Crippen LogP contribution in [0.1, 0.15) is 0 Å². The third-order valence-corrected chi connectivity index (χ3v) is 3.38. The third-order valence-electron chi connectivity index (χ3n) is 3.38. The Labute approximate surface area is 120 Å². The summed E-state index contributed by atoms with van der Waals surface area (Å²) in [6, 6.07) is 14.2. The fourth-order valence-corrected chi connectivity index (χ4v) is 2.34. The van der Waals surface area contributed by atoms with E-state index in [1.807, 2.05) is 24.3 Å². The third kappa shape index (κ3) is 1.93. The number of aromatic amines is 1. The summed E-state index contributed by atoms with van der Waals surface area (Å²) in [5, 5.41) is 12.9. The van der Waals surface area contributed by atoms with Gasteiger partial charge in [0.15, 0.2) is 11.5 Å². The molecule has 0 aliphatic carbocycles. The van der Waals surface area contributed by atoms with Gasteiger partial charge < -0.3 is 11.1 Å². The summed E-state index contributed by atoms with van der Waals surface area (Å²) in [5.74, 6) is 0.907. The first-order chi connectivity index (χ1) is 10.3. The largest absolute Gasteiger partial charge is 0.382 e. The molecule has 0 spiro atoms. The van der Waals surface area contributed by atoms with Crippen molar-refractivity contribution in [1.29, 1.82) is 0 Å². The Balaban J connectivity index is 1.79. The van der Waals surface area contributed by atoms with E-state index >= 15 is 0 Å². The quantitative estimate of drug-likeness (QED) is 0.523. The maximum Gasteiger partial charge on any atom is 0.229 e. The SMILES string of the molecule is Nc1n[nH]c2nc(Nc3cccc4ccccc34)ncc12. The summed E-state index contributed by atoms with van der Waals surface area (Å²) < 4.78 is 0. The maximum absolute atomic E-state index is 5.71. The van der Waals surface area contributed by atoms with Crippen molar-refractivity contribution in [1.82, 2.24) is 20.2 Å². The molecule has 0 fully saturated rings. The minimum absolute atomic E-state index is 0.404. The number of nitrogens with zero attached hydrogens (tertiary/aromatic N) is 3. The van der Waals surface area contributed by atoms with Crippen molar-refractivity contribution in [3.05, 3.63) is 48.7 Å². The average molecular weight is 276 g/mol. The molecule has 0 amide bonds. The van der Waals surface area contributed by atoms with E-state index in [9.17, 15) is 0 Å². The van der Waals surface area contributed by atoms with Gasteiger partial charge >= 0.3 is 0 Å². The Kier molecular flexibility index (Phi) is 2.47. The summed E-state index contributed by atoms with van der Waals surface area (Å²) >= 11 is 0. The fraction of sp³-hybridized carbons (Fsp3) is 0. The lowest BCUT2D eigenvalue weighted by Gasteiger charge is -2.08. The molecule has 0 radical (unpaired) electrons. The van der Waals surface area contributed by atoms with Gasteiger partial charge in [-0.2, -0.15) is 10.1 Å². The van der Waals surface area contributed by atoms with Gasteiger partial charge in [0, 0.05) is 17.3 Å². The Morgan fingerprint density at radius 1 is 1.00 bits per heavy atom. The molecule has 102 valence electrons. The predicted octanol–water partition coefficient (Wildman–Crippen LogP) is 2.83. The molecule has 21 heavy (non-hydrogen) atoms. The zero-order chi connectivity index (χ0) is 14.2. The van der Waals surface area contributed by atoms with Gasteiger partial charge in [-0.1, -0.05) is 36.4 Å². The van der Waals surface area contributed by atoms with Crippen molar-refractivity contribution in [2.75, 3.05) is 11.1 Å². The first-order valence-electron chi connectivity index (χ1n) is 6.52. The highest BCUT2D eigenvalue weighted by Gasteiger charge is 2.07. The topological polar surface area (TPSA) is 92.5 Å². The Bertz CT molecular complexity index is 938. The summed E-state index contributed by atoms with van der Waals surface area (Å²) in [5.41, 5.74) is 7.28. The normalized spacial score (nSPS) is 11.0. The minimum Gasteiger partial charge on any atom is -0.382 e. The molecule has 0 unspecified atom stereocenters. The number of nitrogens with one attached hydrogen (secondary N) is 2. The van der Waals surface area contributed by atoms with Crippen molar-refractivity contribution >= 4 is 39.3 Å². The Hall–Kier alpha value is -3.15. The summed E-state index contributed by atoms with van der Waals surface area (Å²) in [7, 11) is 0. The highest BCUT2D eigenvalue weighted by molar-refractivity contribution is 5.95. The molecule has 2 heterocycles. The Morgan fingerprint density at radius 2 is 1.86 bits per heavy atom. The van der Waals surface area contributed by atoms with Gasteiger partial charge in [0.1, 0.15) is 0 Å². The molecule has 0 atom stereocenters. The smallest absolute Gasteiger partial charge is 0.229 e. The lowest BCUT2D eigenvalue weighted by atomic mass is 10.1. The predicted molar refractivity (Wildman–Crippen MR) is 83.3 cm³/mol. The first-order valence-corrected chi connectivity index (χ1v) is 6.52. The van der Waals surface area contributed by atoms with Crippen LogP contribution in [0.15, 0.2) is 48.7 Å². The van der Waals surface area contributed by atoms with Crippen molar-refractivity contribution in [2.45, 2.75) is 0 Å². The van der Waals surface area contributed by atoms with Gasteiger partial charge in [-0.15, -0.1) is 0 Å². The zero-order valence-corrected chi connectivity index (χ0v) is 11.0. The number of hydrogen-bond acceptors (Lipinski definition) is 5. The first kappa shape index (κ1) is 11.7. The van der Waals surface area contributed by atoms with Gasteiger partial charge in [0.2, 0.25) is 5.95 Å². The molecular weight excluding hydrogens is 264 g/mol. The van der Waals surface area contributed by atoms with E-state index in [2.05, 4.69) is 43.7 Å². The Morgan fingerprint density at radius 3 is 2.81 bits per heavy atom. The summed E-state index contributed by atoms with van der Waals surface area (Å²) in [6.07, 6.45) is 1.66. The molecule has 0 saturated carbocycles. The maximum atomic E-state index is 5.71. The van der Waals surface area contributed by atoms with Crippen LogP contribution in [0.3, 0.4) is 0 Å².